The Balaban J connectivity index is 2.73. The van der Waals surface area contributed by atoms with Gasteiger partial charge in [0.15, 0.2) is 0 Å². The van der Waals surface area contributed by atoms with E-state index in [2.05, 4.69) is 23.5 Å². The quantitative estimate of drug-likeness (QED) is 0.687. The molecule has 0 heterocycles. The standard InChI is InChI=1S/C15H26N2O3S/c1-4-9-17(10-5-2)11-8-13-6-7-15(18)14(12-13)16-21(3,19)20/h6-7,12,16,18H,4-5,8-11H2,1-3H3. The van der Waals surface area contributed by atoms with Gasteiger partial charge in [0, 0.05) is 6.54 Å². The molecule has 0 aliphatic rings. The van der Waals surface area contributed by atoms with E-state index in [1.807, 2.05) is 6.07 Å². The van der Waals surface area contributed by atoms with Crippen LogP contribution < -0.4 is 4.72 Å². The number of rotatable bonds is 9. The van der Waals surface area contributed by atoms with Gasteiger partial charge in [-0.2, -0.15) is 0 Å². The highest BCUT2D eigenvalue weighted by atomic mass is 32.2. The number of aromatic hydroxyl groups is 1. The molecule has 1 aromatic rings. The van der Waals surface area contributed by atoms with E-state index in [9.17, 15) is 13.5 Å². The van der Waals surface area contributed by atoms with Gasteiger partial charge in [0.2, 0.25) is 10.0 Å². The minimum Gasteiger partial charge on any atom is -0.506 e. The number of phenolic OH excluding ortho intramolecular Hbond substituents is 1. The second kappa shape index (κ2) is 8.24. The number of hydrogen-bond donors (Lipinski definition) is 2. The molecule has 21 heavy (non-hydrogen) atoms. The average molecular weight is 314 g/mol. The van der Waals surface area contributed by atoms with Gasteiger partial charge < -0.3 is 10.0 Å². The minimum absolute atomic E-state index is 0.0526. The third kappa shape index (κ3) is 6.82. The van der Waals surface area contributed by atoms with Crippen LogP contribution in [0.4, 0.5) is 5.69 Å². The van der Waals surface area contributed by atoms with Crippen LogP contribution in [0, 0.1) is 0 Å². The lowest BCUT2D eigenvalue weighted by Gasteiger charge is -2.21. The Morgan fingerprint density at radius 1 is 1.14 bits per heavy atom. The van der Waals surface area contributed by atoms with Crippen molar-refractivity contribution < 1.29 is 13.5 Å². The largest absolute Gasteiger partial charge is 0.506 e. The molecule has 0 saturated heterocycles. The number of hydrogen-bond acceptors (Lipinski definition) is 4. The predicted molar refractivity (Wildman–Crippen MR) is 87.3 cm³/mol. The van der Waals surface area contributed by atoms with Crippen LogP contribution in [0.1, 0.15) is 32.3 Å². The maximum atomic E-state index is 11.3. The molecular weight excluding hydrogens is 288 g/mol. The van der Waals surface area contributed by atoms with Crippen LogP contribution >= 0.6 is 0 Å². The van der Waals surface area contributed by atoms with Crippen molar-refractivity contribution >= 4 is 15.7 Å². The first kappa shape index (κ1) is 17.8. The SMILES string of the molecule is CCCN(CCC)CCc1ccc(O)c(NS(C)(=O)=O)c1. The van der Waals surface area contributed by atoms with Crippen molar-refractivity contribution in [1.29, 1.82) is 0 Å². The summed E-state index contributed by atoms with van der Waals surface area (Å²) in [6.07, 6.45) is 4.15. The number of phenols is 1. The topological polar surface area (TPSA) is 69.6 Å². The summed E-state index contributed by atoms with van der Waals surface area (Å²) in [6, 6.07) is 5.07. The highest BCUT2D eigenvalue weighted by molar-refractivity contribution is 7.92. The Morgan fingerprint density at radius 2 is 1.76 bits per heavy atom. The van der Waals surface area contributed by atoms with Gasteiger partial charge >= 0.3 is 0 Å². The van der Waals surface area contributed by atoms with Gasteiger partial charge in [0.05, 0.1) is 11.9 Å². The van der Waals surface area contributed by atoms with E-state index in [4.69, 9.17) is 0 Å². The second-order valence-electron chi connectivity index (χ2n) is 5.32. The molecule has 0 aliphatic heterocycles. The van der Waals surface area contributed by atoms with Gasteiger partial charge in [0.1, 0.15) is 5.75 Å². The summed E-state index contributed by atoms with van der Waals surface area (Å²) in [4.78, 5) is 2.40. The predicted octanol–water partition coefficient (Wildman–Crippen LogP) is 2.43. The third-order valence-corrected chi connectivity index (χ3v) is 3.74. The summed E-state index contributed by atoms with van der Waals surface area (Å²) in [5, 5.41) is 9.71. The summed E-state index contributed by atoms with van der Waals surface area (Å²) < 4.78 is 24.9. The van der Waals surface area contributed by atoms with Gasteiger partial charge in [-0.1, -0.05) is 19.9 Å². The summed E-state index contributed by atoms with van der Waals surface area (Å²) in [7, 11) is -3.39. The fourth-order valence-electron chi connectivity index (χ4n) is 2.28. The number of nitrogens with zero attached hydrogens (tertiary/aromatic N) is 1. The minimum atomic E-state index is -3.39. The monoisotopic (exact) mass is 314 g/mol. The molecule has 0 saturated carbocycles. The number of benzene rings is 1. The van der Waals surface area contributed by atoms with Gasteiger partial charge in [0.25, 0.3) is 0 Å². The normalized spacial score (nSPS) is 11.8. The van der Waals surface area contributed by atoms with E-state index in [1.165, 1.54) is 6.07 Å². The van der Waals surface area contributed by atoms with Crippen molar-refractivity contribution in [2.75, 3.05) is 30.6 Å². The van der Waals surface area contributed by atoms with Crippen molar-refractivity contribution in [2.45, 2.75) is 33.1 Å². The maximum Gasteiger partial charge on any atom is 0.229 e. The molecule has 0 bridgehead atoms. The highest BCUT2D eigenvalue weighted by Crippen LogP contribution is 2.25. The van der Waals surface area contributed by atoms with E-state index in [0.717, 1.165) is 50.7 Å². The van der Waals surface area contributed by atoms with Crippen molar-refractivity contribution in [3.05, 3.63) is 23.8 Å². The van der Waals surface area contributed by atoms with Crippen LogP contribution in [-0.4, -0.2) is 44.3 Å². The maximum absolute atomic E-state index is 11.3. The zero-order valence-electron chi connectivity index (χ0n) is 13.1. The summed E-state index contributed by atoms with van der Waals surface area (Å²) in [5.74, 6) is -0.0526. The van der Waals surface area contributed by atoms with Gasteiger partial charge in [-0.05, 0) is 50.0 Å². The molecule has 120 valence electrons. The fourth-order valence-corrected chi connectivity index (χ4v) is 2.84. The molecule has 0 fully saturated rings. The lowest BCUT2D eigenvalue weighted by Crippen LogP contribution is -2.27. The molecular formula is C15H26N2O3S. The van der Waals surface area contributed by atoms with Crippen molar-refractivity contribution in [3.8, 4) is 5.75 Å². The molecule has 0 amide bonds. The molecule has 0 unspecified atom stereocenters. The number of anilines is 1. The molecule has 5 nitrogen and oxygen atoms in total. The van der Waals surface area contributed by atoms with E-state index >= 15 is 0 Å². The van der Waals surface area contributed by atoms with Crippen molar-refractivity contribution in [1.82, 2.24) is 4.90 Å². The molecule has 0 aromatic heterocycles. The first-order valence-corrected chi connectivity index (χ1v) is 9.27. The first-order chi connectivity index (χ1) is 9.85. The fraction of sp³-hybridized carbons (Fsp3) is 0.600. The van der Waals surface area contributed by atoms with E-state index in [0.29, 0.717) is 0 Å². The summed E-state index contributed by atoms with van der Waals surface area (Å²) in [5.41, 5.74) is 1.25. The Bertz CT molecular complexity index is 538. The van der Waals surface area contributed by atoms with Crippen LogP contribution in [0.2, 0.25) is 0 Å². The summed E-state index contributed by atoms with van der Waals surface area (Å²) in [6.45, 7) is 7.40. The zero-order chi connectivity index (χ0) is 15.9. The Kier molecular flexibility index (Phi) is 6.98. The smallest absolute Gasteiger partial charge is 0.229 e. The molecule has 6 heteroatoms. The van der Waals surface area contributed by atoms with Crippen molar-refractivity contribution in [2.24, 2.45) is 0 Å². The van der Waals surface area contributed by atoms with Crippen molar-refractivity contribution in [3.63, 3.8) is 0 Å². The average Bonchev–Trinajstić information content (AvgIpc) is 2.38. The molecule has 2 N–H and O–H groups in total. The second-order valence-corrected chi connectivity index (χ2v) is 7.07. The summed E-state index contributed by atoms with van der Waals surface area (Å²) >= 11 is 0. The molecule has 0 radical (unpaired) electrons. The van der Waals surface area contributed by atoms with Gasteiger partial charge in [-0.15, -0.1) is 0 Å². The van der Waals surface area contributed by atoms with Crippen LogP contribution in [0.3, 0.4) is 0 Å². The molecule has 0 atom stereocenters. The Labute approximate surface area is 128 Å². The van der Waals surface area contributed by atoms with E-state index in [-0.39, 0.29) is 11.4 Å². The van der Waals surface area contributed by atoms with Crippen LogP contribution in [0.15, 0.2) is 18.2 Å². The van der Waals surface area contributed by atoms with Crippen LogP contribution in [0.5, 0.6) is 5.75 Å². The molecule has 1 aromatic carbocycles. The lowest BCUT2D eigenvalue weighted by atomic mass is 10.1. The van der Waals surface area contributed by atoms with Gasteiger partial charge in [-0.3, -0.25) is 4.72 Å². The molecule has 0 spiro atoms. The zero-order valence-corrected chi connectivity index (χ0v) is 13.9. The Hall–Kier alpha value is -1.27. The molecule has 0 aliphatic carbocycles. The Morgan fingerprint density at radius 3 is 2.29 bits per heavy atom. The van der Waals surface area contributed by atoms with Crippen LogP contribution in [-0.2, 0) is 16.4 Å². The number of nitrogens with one attached hydrogen (secondary N) is 1. The first-order valence-electron chi connectivity index (χ1n) is 7.37. The number of sulfonamides is 1. The van der Waals surface area contributed by atoms with E-state index in [1.54, 1.807) is 6.07 Å². The van der Waals surface area contributed by atoms with Crippen LogP contribution in [0.25, 0.3) is 0 Å². The van der Waals surface area contributed by atoms with E-state index < -0.39 is 10.0 Å². The highest BCUT2D eigenvalue weighted by Gasteiger charge is 2.09. The molecule has 1 rings (SSSR count). The van der Waals surface area contributed by atoms with Gasteiger partial charge in [-0.25, -0.2) is 8.42 Å². The third-order valence-electron chi connectivity index (χ3n) is 3.15. The lowest BCUT2D eigenvalue weighted by molar-refractivity contribution is 0.278.